The minimum absolute atomic E-state index is 0.155. The zero-order valence-electron chi connectivity index (χ0n) is 14.5. The lowest BCUT2D eigenvalue weighted by Crippen LogP contribution is -2.14. The number of hydrogen-bond donors (Lipinski definition) is 0. The van der Waals surface area contributed by atoms with Gasteiger partial charge in [-0.05, 0) is 37.3 Å². The van der Waals surface area contributed by atoms with E-state index >= 15 is 0 Å². The van der Waals surface area contributed by atoms with Gasteiger partial charge in [0.15, 0.2) is 0 Å². The third-order valence-corrected chi connectivity index (χ3v) is 3.68. The molecular weight excluding hydrogens is 339 g/mol. The summed E-state index contributed by atoms with van der Waals surface area (Å²) in [4.78, 5) is 12.7. The summed E-state index contributed by atoms with van der Waals surface area (Å²) < 4.78 is 30.9. The summed E-state index contributed by atoms with van der Waals surface area (Å²) in [5, 5.41) is 4.26. The first-order valence-corrected chi connectivity index (χ1v) is 7.79. The van der Waals surface area contributed by atoms with Crippen LogP contribution in [0.25, 0.3) is 5.69 Å². The Balaban J connectivity index is 1.99. The number of esters is 1. The first-order valence-electron chi connectivity index (χ1n) is 7.79. The lowest BCUT2D eigenvalue weighted by molar-refractivity contribution is 0.0716. The van der Waals surface area contributed by atoms with E-state index in [-0.39, 0.29) is 11.4 Å². The summed E-state index contributed by atoms with van der Waals surface area (Å²) >= 11 is 0. The number of halogens is 1. The number of benzene rings is 2. The average molecular weight is 356 g/mol. The number of nitrogens with zero attached hydrogens (tertiary/aromatic N) is 2. The van der Waals surface area contributed by atoms with E-state index < -0.39 is 11.8 Å². The van der Waals surface area contributed by atoms with Crippen molar-refractivity contribution in [2.45, 2.75) is 6.92 Å². The van der Waals surface area contributed by atoms with E-state index in [4.69, 9.17) is 14.2 Å². The largest absolute Gasteiger partial charge is 0.496 e. The Hall–Kier alpha value is -3.35. The molecule has 0 aliphatic carbocycles. The van der Waals surface area contributed by atoms with Crippen LogP contribution in [0.15, 0.2) is 48.5 Å². The van der Waals surface area contributed by atoms with E-state index in [2.05, 4.69) is 5.10 Å². The van der Waals surface area contributed by atoms with Crippen molar-refractivity contribution < 1.29 is 23.4 Å². The monoisotopic (exact) mass is 356 g/mol. The summed E-state index contributed by atoms with van der Waals surface area (Å²) in [6.07, 6.45) is 0. The molecule has 26 heavy (non-hydrogen) atoms. The molecular formula is C19H17FN2O4. The van der Waals surface area contributed by atoms with E-state index in [1.807, 2.05) is 0 Å². The highest BCUT2D eigenvalue weighted by molar-refractivity contribution is 5.96. The number of aromatic nitrogens is 2. The van der Waals surface area contributed by atoms with Gasteiger partial charge in [-0.15, -0.1) is 0 Å². The highest BCUT2D eigenvalue weighted by Gasteiger charge is 2.22. The van der Waals surface area contributed by atoms with Gasteiger partial charge in [-0.1, -0.05) is 12.1 Å². The lowest BCUT2D eigenvalue weighted by atomic mass is 10.2. The molecule has 0 saturated carbocycles. The highest BCUT2D eigenvalue weighted by atomic mass is 19.1. The minimum Gasteiger partial charge on any atom is -0.496 e. The zero-order valence-corrected chi connectivity index (χ0v) is 14.5. The Morgan fingerprint density at radius 3 is 2.31 bits per heavy atom. The third-order valence-electron chi connectivity index (χ3n) is 3.68. The molecule has 0 N–H and O–H groups in total. The summed E-state index contributed by atoms with van der Waals surface area (Å²) in [7, 11) is 2.90. The van der Waals surface area contributed by atoms with Crippen LogP contribution in [0.5, 0.6) is 17.4 Å². The lowest BCUT2D eigenvalue weighted by Gasteiger charge is -2.13. The predicted octanol–water partition coefficient (Wildman–Crippen LogP) is 3.56. The smallest absolute Gasteiger partial charge is 0.352 e. The van der Waals surface area contributed by atoms with Crippen molar-refractivity contribution >= 4 is 5.97 Å². The quantitative estimate of drug-likeness (QED) is 0.654. The zero-order chi connectivity index (χ0) is 18.7. The van der Waals surface area contributed by atoms with Crippen LogP contribution in [-0.4, -0.2) is 30.0 Å². The number of rotatable bonds is 5. The van der Waals surface area contributed by atoms with E-state index in [9.17, 15) is 9.18 Å². The van der Waals surface area contributed by atoms with E-state index in [1.54, 1.807) is 43.3 Å². The number of carbonyl (C=O) groups excluding carboxylic acids is 1. The molecule has 3 rings (SSSR count). The first-order chi connectivity index (χ1) is 12.5. The number of hydrogen-bond acceptors (Lipinski definition) is 5. The minimum atomic E-state index is -0.670. The summed E-state index contributed by atoms with van der Waals surface area (Å²) in [6.45, 7) is 1.75. The van der Waals surface area contributed by atoms with Gasteiger partial charge in [-0.2, -0.15) is 5.10 Å². The van der Waals surface area contributed by atoms with Gasteiger partial charge in [0, 0.05) is 6.07 Å². The molecule has 1 heterocycles. The van der Waals surface area contributed by atoms with Crippen molar-refractivity contribution in [1.82, 2.24) is 9.78 Å². The van der Waals surface area contributed by atoms with Crippen molar-refractivity contribution in [3.63, 3.8) is 0 Å². The molecule has 7 heteroatoms. The number of methoxy groups -OCH3 is 2. The third kappa shape index (κ3) is 3.37. The number of aryl methyl sites for hydroxylation is 1. The Labute approximate surface area is 149 Å². The molecule has 0 atom stereocenters. The van der Waals surface area contributed by atoms with Crippen LogP contribution >= 0.6 is 0 Å². The average Bonchev–Trinajstić information content (AvgIpc) is 3.01. The van der Waals surface area contributed by atoms with Crippen molar-refractivity contribution in [2.75, 3.05) is 14.2 Å². The molecule has 2 aromatic carbocycles. The maximum atomic E-state index is 13.5. The highest BCUT2D eigenvalue weighted by Crippen LogP contribution is 2.30. The van der Waals surface area contributed by atoms with Gasteiger partial charge in [-0.3, -0.25) is 0 Å². The predicted molar refractivity (Wildman–Crippen MR) is 92.8 cm³/mol. The standard InChI is InChI=1S/C19H17FN2O4/c1-12-10-17(22(21-12)14-7-4-6-13(20)11-14)26-19(23)18-15(24-2)8-5-9-16(18)25-3/h4-11H,1-3H3. The van der Waals surface area contributed by atoms with Gasteiger partial charge < -0.3 is 14.2 Å². The molecule has 0 bridgehead atoms. The van der Waals surface area contributed by atoms with Gasteiger partial charge in [0.2, 0.25) is 5.88 Å². The second kappa shape index (κ2) is 7.26. The Bertz CT molecular complexity index is 930. The van der Waals surface area contributed by atoms with E-state index in [0.717, 1.165) is 0 Å². The SMILES string of the molecule is COc1cccc(OC)c1C(=O)Oc1cc(C)nn1-c1cccc(F)c1. The summed E-state index contributed by atoms with van der Waals surface area (Å²) in [6, 6.07) is 12.4. The molecule has 6 nitrogen and oxygen atoms in total. The molecule has 0 spiro atoms. The summed E-state index contributed by atoms with van der Waals surface area (Å²) in [5.74, 6) is -0.284. The molecule has 0 aliphatic heterocycles. The first kappa shape index (κ1) is 17.5. The fraction of sp³-hybridized carbons (Fsp3) is 0.158. The van der Waals surface area contributed by atoms with E-state index in [0.29, 0.717) is 22.9 Å². The summed E-state index contributed by atoms with van der Waals surface area (Å²) in [5.41, 5.74) is 1.21. The van der Waals surface area contributed by atoms with Crippen molar-refractivity contribution in [2.24, 2.45) is 0 Å². The fourth-order valence-electron chi connectivity index (χ4n) is 2.54. The van der Waals surface area contributed by atoms with Gasteiger partial charge >= 0.3 is 5.97 Å². The van der Waals surface area contributed by atoms with Crippen LogP contribution < -0.4 is 14.2 Å². The van der Waals surface area contributed by atoms with Gasteiger partial charge in [0.05, 0.1) is 25.6 Å². The van der Waals surface area contributed by atoms with E-state index in [1.165, 1.54) is 31.0 Å². The van der Waals surface area contributed by atoms with Gasteiger partial charge in [-0.25, -0.2) is 13.9 Å². The van der Waals surface area contributed by atoms with Crippen molar-refractivity contribution in [3.8, 4) is 23.1 Å². The maximum absolute atomic E-state index is 13.5. The Morgan fingerprint density at radius 1 is 1.04 bits per heavy atom. The normalized spacial score (nSPS) is 10.5. The number of carbonyl (C=O) groups is 1. The topological polar surface area (TPSA) is 62.6 Å². The van der Waals surface area contributed by atoms with Gasteiger partial charge in [0.1, 0.15) is 22.9 Å². The maximum Gasteiger partial charge on any atom is 0.352 e. The molecule has 0 unspecified atom stereocenters. The molecule has 134 valence electrons. The van der Waals surface area contributed by atoms with Crippen LogP contribution in [-0.2, 0) is 0 Å². The molecule has 0 saturated heterocycles. The second-order valence-electron chi connectivity index (χ2n) is 5.44. The molecule has 0 radical (unpaired) electrons. The Kier molecular flexibility index (Phi) is 4.88. The number of ether oxygens (including phenoxy) is 3. The molecule has 3 aromatic rings. The molecule has 0 amide bonds. The van der Waals surface area contributed by atoms with Crippen LogP contribution in [0, 0.1) is 12.7 Å². The van der Waals surface area contributed by atoms with Crippen molar-refractivity contribution in [3.05, 3.63) is 65.6 Å². The fourth-order valence-corrected chi connectivity index (χ4v) is 2.54. The van der Waals surface area contributed by atoms with Crippen LogP contribution in [0.2, 0.25) is 0 Å². The molecule has 0 aliphatic rings. The Morgan fingerprint density at radius 2 is 1.69 bits per heavy atom. The second-order valence-corrected chi connectivity index (χ2v) is 5.44. The van der Waals surface area contributed by atoms with Crippen LogP contribution in [0.4, 0.5) is 4.39 Å². The van der Waals surface area contributed by atoms with Gasteiger partial charge in [0.25, 0.3) is 0 Å². The van der Waals surface area contributed by atoms with Crippen LogP contribution in [0.3, 0.4) is 0 Å². The van der Waals surface area contributed by atoms with Crippen LogP contribution in [0.1, 0.15) is 16.1 Å². The molecule has 1 aromatic heterocycles. The van der Waals surface area contributed by atoms with Crippen molar-refractivity contribution in [1.29, 1.82) is 0 Å². The molecule has 0 fully saturated rings.